The second kappa shape index (κ2) is 12.3. The van der Waals surface area contributed by atoms with Crippen molar-refractivity contribution in [3.63, 3.8) is 0 Å². The van der Waals surface area contributed by atoms with Crippen LogP contribution in [0.15, 0.2) is 29.3 Å². The molecule has 0 bridgehead atoms. The summed E-state index contributed by atoms with van der Waals surface area (Å²) in [5.41, 5.74) is 1.75. The van der Waals surface area contributed by atoms with Gasteiger partial charge >= 0.3 is 0 Å². The second-order valence-electron chi connectivity index (χ2n) is 8.29. The maximum Gasteiger partial charge on any atom is 0.191 e. The molecule has 1 aromatic rings. The molecule has 1 fully saturated rings. The lowest BCUT2D eigenvalue weighted by Gasteiger charge is -2.36. The zero-order valence-corrected chi connectivity index (χ0v) is 18.2. The minimum atomic E-state index is 0.215. The number of aliphatic hydroxyl groups excluding tert-OH is 1. The summed E-state index contributed by atoms with van der Waals surface area (Å²) in [6.45, 7) is 10.1. The molecular formula is C23H37N5O. The predicted molar refractivity (Wildman–Crippen MR) is 120 cm³/mol. The molecule has 2 unspecified atom stereocenters. The van der Waals surface area contributed by atoms with Gasteiger partial charge < -0.3 is 20.6 Å². The molecule has 6 heteroatoms. The van der Waals surface area contributed by atoms with E-state index in [9.17, 15) is 10.4 Å². The fourth-order valence-electron chi connectivity index (χ4n) is 4.02. The van der Waals surface area contributed by atoms with Crippen molar-refractivity contribution in [1.29, 1.82) is 5.26 Å². The highest BCUT2D eigenvalue weighted by Gasteiger charge is 2.22. The number of benzene rings is 1. The average molecular weight is 400 g/mol. The largest absolute Gasteiger partial charge is 0.396 e. The van der Waals surface area contributed by atoms with Gasteiger partial charge in [0.15, 0.2) is 5.96 Å². The third kappa shape index (κ3) is 7.58. The second-order valence-corrected chi connectivity index (χ2v) is 8.29. The van der Waals surface area contributed by atoms with E-state index in [1.807, 2.05) is 24.3 Å². The van der Waals surface area contributed by atoms with Crippen LogP contribution < -0.4 is 15.5 Å². The normalized spacial score (nSPS) is 18.4. The molecule has 1 aromatic carbocycles. The molecule has 2 atom stereocenters. The summed E-state index contributed by atoms with van der Waals surface area (Å²) in [4.78, 5) is 7.13. The lowest BCUT2D eigenvalue weighted by molar-refractivity contribution is 0.245. The van der Waals surface area contributed by atoms with Gasteiger partial charge in [-0.1, -0.05) is 26.0 Å². The Morgan fingerprint density at radius 3 is 2.86 bits per heavy atom. The number of aliphatic imine (C=N–C) groups is 1. The summed E-state index contributed by atoms with van der Waals surface area (Å²) in [6.07, 6.45) is 4.04. The Bertz CT molecular complexity index is 682. The smallest absolute Gasteiger partial charge is 0.191 e. The molecule has 2 rings (SSSR count). The standard InChI is InChI=1S/C23H37N5O/c1-4-25-23(26-16-19(11-13-29)14-18(2)3)27-21-9-7-12-28(17-21)22-10-6-5-8-20(22)15-24/h5-6,8,10,18-19,21,29H,4,7,9,11-14,16-17H2,1-3H3,(H2,25,26,27). The van der Waals surface area contributed by atoms with E-state index in [-0.39, 0.29) is 12.6 Å². The molecule has 160 valence electrons. The molecule has 1 aliphatic heterocycles. The molecular weight excluding hydrogens is 362 g/mol. The Kier molecular flexibility index (Phi) is 9.79. The van der Waals surface area contributed by atoms with Crippen molar-refractivity contribution >= 4 is 11.6 Å². The fraction of sp³-hybridized carbons (Fsp3) is 0.652. The summed E-state index contributed by atoms with van der Waals surface area (Å²) < 4.78 is 0. The van der Waals surface area contributed by atoms with Crippen molar-refractivity contribution < 1.29 is 5.11 Å². The van der Waals surface area contributed by atoms with Crippen LogP contribution in [0.4, 0.5) is 5.69 Å². The highest BCUT2D eigenvalue weighted by molar-refractivity contribution is 5.80. The van der Waals surface area contributed by atoms with Crippen molar-refractivity contribution in [2.45, 2.75) is 52.5 Å². The number of aliphatic hydroxyl groups is 1. The van der Waals surface area contributed by atoms with E-state index in [2.05, 4.69) is 42.4 Å². The Morgan fingerprint density at radius 1 is 1.38 bits per heavy atom. The molecule has 1 aliphatic rings. The van der Waals surface area contributed by atoms with E-state index in [4.69, 9.17) is 4.99 Å². The van der Waals surface area contributed by atoms with Gasteiger partial charge in [-0.25, -0.2) is 0 Å². The van der Waals surface area contributed by atoms with Gasteiger partial charge in [-0.2, -0.15) is 5.26 Å². The monoisotopic (exact) mass is 399 g/mol. The van der Waals surface area contributed by atoms with Crippen LogP contribution in [0.3, 0.4) is 0 Å². The third-order valence-corrected chi connectivity index (χ3v) is 5.32. The van der Waals surface area contributed by atoms with E-state index in [1.54, 1.807) is 0 Å². The van der Waals surface area contributed by atoms with Crippen LogP contribution in [0.1, 0.15) is 52.0 Å². The first-order valence-corrected chi connectivity index (χ1v) is 11.0. The van der Waals surface area contributed by atoms with Gasteiger partial charge in [-0.15, -0.1) is 0 Å². The fourth-order valence-corrected chi connectivity index (χ4v) is 4.02. The van der Waals surface area contributed by atoms with Gasteiger partial charge in [0, 0.05) is 38.8 Å². The average Bonchev–Trinajstić information content (AvgIpc) is 2.72. The summed E-state index contributed by atoms with van der Waals surface area (Å²) >= 11 is 0. The van der Waals surface area contributed by atoms with Gasteiger partial charge in [0.25, 0.3) is 0 Å². The topological polar surface area (TPSA) is 83.7 Å². The molecule has 1 saturated heterocycles. The van der Waals surface area contributed by atoms with Gasteiger partial charge in [-0.3, -0.25) is 4.99 Å². The number of nitriles is 1. The van der Waals surface area contributed by atoms with Crippen LogP contribution in [0, 0.1) is 23.2 Å². The number of hydrogen-bond acceptors (Lipinski definition) is 4. The Morgan fingerprint density at radius 2 is 2.17 bits per heavy atom. The van der Waals surface area contributed by atoms with Crippen LogP contribution in [-0.4, -0.2) is 49.9 Å². The lowest BCUT2D eigenvalue weighted by atomic mass is 9.94. The molecule has 1 heterocycles. The molecule has 0 spiro atoms. The quantitative estimate of drug-likeness (QED) is 0.439. The first kappa shape index (κ1) is 23.0. The zero-order chi connectivity index (χ0) is 21.1. The summed E-state index contributed by atoms with van der Waals surface area (Å²) in [7, 11) is 0. The molecule has 6 nitrogen and oxygen atoms in total. The Balaban J connectivity index is 2.02. The highest BCUT2D eigenvalue weighted by atomic mass is 16.3. The van der Waals surface area contributed by atoms with Crippen LogP contribution in [-0.2, 0) is 0 Å². The molecule has 0 amide bonds. The number of piperidine rings is 1. The first-order chi connectivity index (χ1) is 14.1. The maximum absolute atomic E-state index is 9.42. The zero-order valence-electron chi connectivity index (χ0n) is 18.2. The van der Waals surface area contributed by atoms with Crippen LogP contribution in [0.25, 0.3) is 0 Å². The SMILES string of the molecule is CCNC(=NCC(CCO)CC(C)C)NC1CCCN(c2ccccc2C#N)C1. The van der Waals surface area contributed by atoms with Crippen molar-refractivity contribution in [2.75, 3.05) is 37.7 Å². The van der Waals surface area contributed by atoms with E-state index < -0.39 is 0 Å². The number of nitrogens with zero attached hydrogens (tertiary/aromatic N) is 3. The highest BCUT2D eigenvalue weighted by Crippen LogP contribution is 2.23. The number of nitrogens with one attached hydrogen (secondary N) is 2. The molecule has 0 radical (unpaired) electrons. The number of para-hydroxylation sites is 1. The molecule has 0 aromatic heterocycles. The summed E-state index contributed by atoms with van der Waals surface area (Å²) in [5, 5.41) is 25.7. The Hall–Kier alpha value is -2.26. The molecule has 0 aliphatic carbocycles. The van der Waals surface area contributed by atoms with Crippen molar-refractivity contribution in [3.8, 4) is 6.07 Å². The van der Waals surface area contributed by atoms with Gasteiger partial charge in [0.1, 0.15) is 6.07 Å². The molecule has 29 heavy (non-hydrogen) atoms. The molecule has 0 saturated carbocycles. The third-order valence-electron chi connectivity index (χ3n) is 5.32. The van der Waals surface area contributed by atoms with Crippen LogP contribution >= 0.6 is 0 Å². The van der Waals surface area contributed by atoms with E-state index in [0.29, 0.717) is 11.8 Å². The number of anilines is 1. The van der Waals surface area contributed by atoms with E-state index in [1.165, 1.54) is 0 Å². The van der Waals surface area contributed by atoms with Crippen molar-refractivity contribution in [3.05, 3.63) is 29.8 Å². The summed E-state index contributed by atoms with van der Waals surface area (Å²) in [6, 6.07) is 10.4. The lowest BCUT2D eigenvalue weighted by Crippen LogP contribution is -2.51. The van der Waals surface area contributed by atoms with Gasteiger partial charge in [0.2, 0.25) is 0 Å². The summed E-state index contributed by atoms with van der Waals surface area (Å²) in [5.74, 6) is 1.85. The minimum absolute atomic E-state index is 0.215. The first-order valence-electron chi connectivity index (χ1n) is 11.0. The number of hydrogen-bond donors (Lipinski definition) is 3. The maximum atomic E-state index is 9.42. The van der Waals surface area contributed by atoms with Crippen LogP contribution in [0.2, 0.25) is 0 Å². The van der Waals surface area contributed by atoms with Crippen molar-refractivity contribution in [2.24, 2.45) is 16.8 Å². The van der Waals surface area contributed by atoms with Crippen molar-refractivity contribution in [1.82, 2.24) is 10.6 Å². The number of rotatable bonds is 9. The molecule has 3 N–H and O–H groups in total. The van der Waals surface area contributed by atoms with Gasteiger partial charge in [-0.05, 0) is 56.6 Å². The Labute approximate surface area is 176 Å². The van der Waals surface area contributed by atoms with E-state index in [0.717, 1.165) is 69.1 Å². The number of guanidine groups is 1. The van der Waals surface area contributed by atoms with Gasteiger partial charge in [0.05, 0.1) is 11.3 Å². The predicted octanol–water partition coefficient (Wildman–Crippen LogP) is 3.13. The van der Waals surface area contributed by atoms with Crippen LogP contribution in [0.5, 0.6) is 0 Å². The minimum Gasteiger partial charge on any atom is -0.396 e. The van der Waals surface area contributed by atoms with E-state index >= 15 is 0 Å².